The summed E-state index contributed by atoms with van der Waals surface area (Å²) in [6.07, 6.45) is 0.456. The standard InChI is InChI=1S/C6H14N4O2/c1-4-2-5(9-6(7)11)8-3-10(4)12/h4-5,8,10H,2-3H2,1H3,(H3,7,9,11). The summed E-state index contributed by atoms with van der Waals surface area (Å²) in [6.45, 7) is 2.16. The van der Waals surface area contributed by atoms with Gasteiger partial charge in [0, 0.05) is 6.42 Å². The molecular formula is C6H14N4O2. The molecule has 0 bridgehead atoms. The van der Waals surface area contributed by atoms with Crippen molar-refractivity contribution in [3.05, 3.63) is 5.21 Å². The van der Waals surface area contributed by atoms with Crippen LogP contribution in [0.25, 0.3) is 0 Å². The van der Waals surface area contributed by atoms with Crippen LogP contribution in [-0.2, 0) is 0 Å². The number of primary amides is 1. The van der Waals surface area contributed by atoms with Gasteiger partial charge in [0.1, 0.15) is 6.67 Å². The molecule has 0 aromatic heterocycles. The van der Waals surface area contributed by atoms with Crippen molar-refractivity contribution in [3.63, 3.8) is 0 Å². The van der Waals surface area contributed by atoms with Gasteiger partial charge in [0.25, 0.3) is 0 Å². The van der Waals surface area contributed by atoms with E-state index in [-0.39, 0.29) is 17.3 Å². The molecule has 0 aromatic carbocycles. The van der Waals surface area contributed by atoms with E-state index in [9.17, 15) is 10.0 Å². The van der Waals surface area contributed by atoms with Gasteiger partial charge in [-0.3, -0.25) is 0 Å². The van der Waals surface area contributed by atoms with Crippen molar-refractivity contribution in [2.75, 3.05) is 6.67 Å². The molecule has 0 aromatic rings. The summed E-state index contributed by atoms with van der Waals surface area (Å²) in [4.78, 5) is 10.4. The first-order valence-electron chi connectivity index (χ1n) is 3.91. The number of rotatable bonds is 1. The van der Waals surface area contributed by atoms with Crippen LogP contribution in [0.15, 0.2) is 0 Å². The third kappa shape index (κ3) is 2.33. The molecule has 1 fully saturated rings. The molecule has 6 heteroatoms. The minimum atomic E-state index is -0.561. The molecule has 5 N–H and O–H groups in total. The molecule has 3 unspecified atom stereocenters. The number of urea groups is 1. The summed E-state index contributed by atoms with van der Waals surface area (Å²) >= 11 is 0. The Labute approximate surface area is 70.7 Å². The Morgan fingerprint density at radius 3 is 3.00 bits per heavy atom. The van der Waals surface area contributed by atoms with Gasteiger partial charge in [0.05, 0.1) is 12.2 Å². The summed E-state index contributed by atoms with van der Waals surface area (Å²) in [5.41, 5.74) is 4.93. The summed E-state index contributed by atoms with van der Waals surface area (Å²) in [5, 5.41) is 16.6. The van der Waals surface area contributed by atoms with Crippen LogP contribution < -0.4 is 21.4 Å². The number of hydrogen-bond acceptors (Lipinski definition) is 3. The van der Waals surface area contributed by atoms with Crippen LogP contribution in [-0.4, -0.2) is 24.9 Å². The molecule has 0 aliphatic carbocycles. The second-order valence-electron chi connectivity index (χ2n) is 3.05. The number of quaternary nitrogens is 1. The van der Waals surface area contributed by atoms with Crippen LogP contribution in [0, 0.1) is 5.21 Å². The maximum absolute atomic E-state index is 11.0. The highest BCUT2D eigenvalue weighted by Crippen LogP contribution is 1.94. The third-order valence-electron chi connectivity index (χ3n) is 1.98. The molecular weight excluding hydrogens is 160 g/mol. The van der Waals surface area contributed by atoms with Crippen molar-refractivity contribution in [1.82, 2.24) is 10.6 Å². The molecule has 1 aliphatic rings. The van der Waals surface area contributed by atoms with Crippen molar-refractivity contribution in [1.29, 1.82) is 0 Å². The lowest BCUT2D eigenvalue weighted by molar-refractivity contribution is -0.883. The highest BCUT2D eigenvalue weighted by molar-refractivity contribution is 5.71. The van der Waals surface area contributed by atoms with Crippen LogP contribution in [0.3, 0.4) is 0 Å². The molecule has 1 rings (SSSR count). The highest BCUT2D eigenvalue weighted by atomic mass is 16.5. The van der Waals surface area contributed by atoms with Crippen LogP contribution in [0.2, 0.25) is 0 Å². The van der Waals surface area contributed by atoms with Gasteiger partial charge in [-0.25, -0.2) is 10.1 Å². The number of nitrogens with one attached hydrogen (secondary N) is 3. The maximum atomic E-state index is 11.0. The molecule has 0 saturated carbocycles. The average Bonchev–Trinajstić information content (AvgIpc) is 1.96. The zero-order chi connectivity index (χ0) is 9.14. The van der Waals surface area contributed by atoms with E-state index in [1.54, 1.807) is 0 Å². The van der Waals surface area contributed by atoms with Gasteiger partial charge < -0.3 is 21.3 Å². The van der Waals surface area contributed by atoms with Crippen molar-refractivity contribution in [3.8, 4) is 0 Å². The second kappa shape index (κ2) is 3.70. The van der Waals surface area contributed by atoms with E-state index in [0.29, 0.717) is 13.1 Å². The van der Waals surface area contributed by atoms with E-state index in [4.69, 9.17) is 5.73 Å². The fraction of sp³-hybridized carbons (Fsp3) is 0.833. The minimum Gasteiger partial charge on any atom is -0.633 e. The molecule has 6 nitrogen and oxygen atoms in total. The number of hydroxylamine groups is 2. The maximum Gasteiger partial charge on any atom is 0.313 e. The third-order valence-corrected chi connectivity index (χ3v) is 1.98. The van der Waals surface area contributed by atoms with Crippen LogP contribution in [0.1, 0.15) is 13.3 Å². The number of carbonyl (C=O) groups is 1. The Morgan fingerprint density at radius 2 is 2.50 bits per heavy atom. The molecule has 0 radical (unpaired) electrons. The topological polar surface area (TPSA) is 94.6 Å². The first kappa shape index (κ1) is 9.24. The lowest BCUT2D eigenvalue weighted by atomic mass is 10.1. The van der Waals surface area contributed by atoms with Gasteiger partial charge in [0.15, 0.2) is 0 Å². The number of carbonyl (C=O) groups excluding carboxylic acids is 1. The predicted octanol–water partition coefficient (Wildman–Crippen LogP) is -2.30. The smallest absolute Gasteiger partial charge is 0.313 e. The number of amides is 2. The van der Waals surface area contributed by atoms with Gasteiger partial charge in [-0.15, -0.1) is 0 Å². The lowest BCUT2D eigenvalue weighted by Crippen LogP contribution is -3.14. The fourth-order valence-corrected chi connectivity index (χ4v) is 1.25. The number of hydrogen-bond donors (Lipinski definition) is 4. The van der Waals surface area contributed by atoms with E-state index < -0.39 is 6.03 Å². The van der Waals surface area contributed by atoms with Crippen molar-refractivity contribution in [2.24, 2.45) is 5.73 Å². The zero-order valence-corrected chi connectivity index (χ0v) is 6.96. The van der Waals surface area contributed by atoms with Crippen molar-refractivity contribution >= 4 is 6.03 Å². The predicted molar refractivity (Wildman–Crippen MR) is 42.9 cm³/mol. The fourth-order valence-electron chi connectivity index (χ4n) is 1.25. The average molecular weight is 174 g/mol. The summed E-state index contributed by atoms with van der Waals surface area (Å²) in [6, 6.07) is -0.558. The van der Waals surface area contributed by atoms with E-state index in [0.717, 1.165) is 0 Å². The monoisotopic (exact) mass is 174 g/mol. The van der Waals surface area contributed by atoms with Crippen molar-refractivity contribution < 1.29 is 9.86 Å². The Morgan fingerprint density at radius 1 is 1.83 bits per heavy atom. The molecule has 2 amide bonds. The molecule has 1 aliphatic heterocycles. The first-order valence-corrected chi connectivity index (χ1v) is 3.91. The lowest BCUT2D eigenvalue weighted by Gasteiger charge is -2.37. The molecule has 3 atom stereocenters. The Bertz CT molecular complexity index is 175. The molecule has 70 valence electrons. The Hall–Kier alpha value is -0.850. The van der Waals surface area contributed by atoms with Gasteiger partial charge in [0.2, 0.25) is 0 Å². The second-order valence-corrected chi connectivity index (χ2v) is 3.05. The summed E-state index contributed by atoms with van der Waals surface area (Å²) < 4.78 is 0. The normalized spacial score (nSPS) is 36.0. The summed E-state index contributed by atoms with van der Waals surface area (Å²) in [5.74, 6) is 0. The van der Waals surface area contributed by atoms with Crippen LogP contribution in [0.4, 0.5) is 4.79 Å². The van der Waals surface area contributed by atoms with E-state index in [1.165, 1.54) is 0 Å². The van der Waals surface area contributed by atoms with Crippen LogP contribution >= 0.6 is 0 Å². The minimum absolute atomic E-state index is 0.00287. The van der Waals surface area contributed by atoms with Gasteiger partial charge in [-0.05, 0) is 6.92 Å². The SMILES string of the molecule is CC1CC(NC(N)=O)NC[NH+]1[O-]. The Balaban J connectivity index is 2.35. The van der Waals surface area contributed by atoms with Crippen molar-refractivity contribution in [2.45, 2.75) is 25.6 Å². The molecule has 12 heavy (non-hydrogen) atoms. The molecule has 1 saturated heterocycles. The molecule has 1 heterocycles. The largest absolute Gasteiger partial charge is 0.633 e. The molecule has 0 spiro atoms. The van der Waals surface area contributed by atoms with Gasteiger partial charge in [-0.1, -0.05) is 0 Å². The van der Waals surface area contributed by atoms with E-state index >= 15 is 0 Å². The van der Waals surface area contributed by atoms with Gasteiger partial charge >= 0.3 is 6.03 Å². The van der Waals surface area contributed by atoms with Crippen LogP contribution in [0.5, 0.6) is 0 Å². The quantitative estimate of drug-likeness (QED) is 0.337. The first-order chi connectivity index (χ1) is 5.59. The van der Waals surface area contributed by atoms with E-state index in [2.05, 4.69) is 10.6 Å². The zero-order valence-electron chi connectivity index (χ0n) is 6.96. The Kier molecular flexibility index (Phi) is 2.85. The summed E-state index contributed by atoms with van der Waals surface area (Å²) in [7, 11) is 0. The highest BCUT2D eigenvalue weighted by Gasteiger charge is 2.23. The number of nitrogens with two attached hydrogens (primary N) is 1. The van der Waals surface area contributed by atoms with Gasteiger partial charge in [-0.2, -0.15) is 0 Å². The van der Waals surface area contributed by atoms with E-state index in [1.807, 2.05) is 6.92 Å².